The molecule has 1 saturated heterocycles. The molecule has 0 saturated carbocycles. The van der Waals surface area contributed by atoms with Gasteiger partial charge in [-0.3, -0.25) is 0 Å². The minimum Gasteiger partial charge on any atom is -0.373 e. The lowest BCUT2D eigenvalue weighted by Crippen LogP contribution is -2.66. The van der Waals surface area contributed by atoms with Gasteiger partial charge in [0.2, 0.25) is 0 Å². The third-order valence-corrected chi connectivity index (χ3v) is 5.96. The Kier molecular flexibility index (Phi) is 5.31. The fourth-order valence-electron chi connectivity index (χ4n) is 3.65. The highest BCUT2D eigenvalue weighted by atomic mass is 16.5. The molecule has 124 valence electrons. The second kappa shape index (κ2) is 6.69. The lowest BCUT2D eigenvalue weighted by Gasteiger charge is -2.57. The maximum atomic E-state index is 10.8. The summed E-state index contributed by atoms with van der Waals surface area (Å²) >= 11 is 0. The molecular formula is C19H31NO2. The van der Waals surface area contributed by atoms with Crippen molar-refractivity contribution in [1.82, 2.24) is 5.06 Å². The molecule has 3 nitrogen and oxygen atoms in total. The summed E-state index contributed by atoms with van der Waals surface area (Å²) in [5, 5.41) is 12.4. The first kappa shape index (κ1) is 17.5. The predicted molar refractivity (Wildman–Crippen MR) is 89.8 cm³/mol. The molecule has 4 unspecified atom stereocenters. The highest BCUT2D eigenvalue weighted by Gasteiger charge is 2.52. The van der Waals surface area contributed by atoms with Crippen LogP contribution in [0.3, 0.4) is 0 Å². The van der Waals surface area contributed by atoms with Crippen LogP contribution in [-0.2, 0) is 11.3 Å². The van der Waals surface area contributed by atoms with Gasteiger partial charge < -0.3 is 9.94 Å². The number of ether oxygens (including phenoxy) is 1. The van der Waals surface area contributed by atoms with E-state index in [0.29, 0.717) is 6.61 Å². The van der Waals surface area contributed by atoms with Gasteiger partial charge in [0.25, 0.3) is 0 Å². The first-order chi connectivity index (χ1) is 10.4. The van der Waals surface area contributed by atoms with E-state index in [4.69, 9.17) is 4.74 Å². The minimum atomic E-state index is -0.246. The first-order valence-corrected chi connectivity index (χ1v) is 8.52. The number of benzene rings is 1. The van der Waals surface area contributed by atoms with Crippen molar-refractivity contribution in [2.45, 2.75) is 77.7 Å². The molecule has 0 spiro atoms. The number of hydroxylamine groups is 2. The predicted octanol–water partition coefficient (Wildman–Crippen LogP) is 4.64. The second-order valence-electron chi connectivity index (χ2n) is 7.20. The maximum Gasteiger partial charge on any atom is 0.0720 e. The van der Waals surface area contributed by atoms with E-state index in [-0.39, 0.29) is 23.1 Å². The average Bonchev–Trinajstić information content (AvgIpc) is 2.56. The van der Waals surface area contributed by atoms with Crippen molar-refractivity contribution in [2.24, 2.45) is 5.92 Å². The summed E-state index contributed by atoms with van der Waals surface area (Å²) in [6.07, 6.45) is 2.85. The van der Waals surface area contributed by atoms with Crippen LogP contribution in [0, 0.1) is 5.92 Å². The molecule has 1 aliphatic heterocycles. The summed E-state index contributed by atoms with van der Waals surface area (Å²) in [4.78, 5) is 0. The molecule has 0 bridgehead atoms. The van der Waals surface area contributed by atoms with Crippen LogP contribution in [-0.4, -0.2) is 27.5 Å². The van der Waals surface area contributed by atoms with Crippen LogP contribution >= 0.6 is 0 Å². The number of hydrogen-bond donors (Lipinski definition) is 1. The van der Waals surface area contributed by atoms with E-state index >= 15 is 0 Å². The molecule has 1 aromatic carbocycles. The van der Waals surface area contributed by atoms with Gasteiger partial charge >= 0.3 is 0 Å². The summed E-state index contributed by atoms with van der Waals surface area (Å²) in [5.41, 5.74) is 0.737. The van der Waals surface area contributed by atoms with Crippen molar-refractivity contribution >= 4 is 0 Å². The highest BCUT2D eigenvalue weighted by molar-refractivity contribution is 5.13. The number of nitrogens with zero attached hydrogens (tertiary/aromatic N) is 1. The lowest BCUT2D eigenvalue weighted by atomic mass is 9.69. The van der Waals surface area contributed by atoms with E-state index in [9.17, 15) is 5.21 Å². The monoisotopic (exact) mass is 305 g/mol. The van der Waals surface area contributed by atoms with Crippen LogP contribution in [0.25, 0.3) is 0 Å². The summed E-state index contributed by atoms with van der Waals surface area (Å²) in [5.74, 6) is 0.283. The van der Waals surface area contributed by atoms with Crippen molar-refractivity contribution in [3.05, 3.63) is 35.9 Å². The van der Waals surface area contributed by atoms with Crippen molar-refractivity contribution in [3.63, 3.8) is 0 Å². The SMILES string of the molecule is CCC1(C)CC(OCc2ccccc2)C(C)C(C)(CC)N1O. The maximum absolute atomic E-state index is 10.8. The molecule has 0 aromatic heterocycles. The Morgan fingerprint density at radius 2 is 1.82 bits per heavy atom. The number of rotatable bonds is 5. The average molecular weight is 305 g/mol. The van der Waals surface area contributed by atoms with Crippen LogP contribution in [0.5, 0.6) is 0 Å². The summed E-state index contributed by atoms with van der Waals surface area (Å²) in [7, 11) is 0. The van der Waals surface area contributed by atoms with Crippen LogP contribution in [0.4, 0.5) is 0 Å². The molecular weight excluding hydrogens is 274 g/mol. The Morgan fingerprint density at radius 1 is 1.18 bits per heavy atom. The smallest absolute Gasteiger partial charge is 0.0720 e. The first-order valence-electron chi connectivity index (χ1n) is 8.52. The number of piperidine rings is 1. The Balaban J connectivity index is 2.16. The molecule has 4 atom stereocenters. The zero-order chi connectivity index (χ0) is 16.4. The van der Waals surface area contributed by atoms with Gasteiger partial charge in [-0.2, -0.15) is 5.06 Å². The zero-order valence-electron chi connectivity index (χ0n) is 14.7. The van der Waals surface area contributed by atoms with E-state index < -0.39 is 0 Å². The Morgan fingerprint density at radius 3 is 2.36 bits per heavy atom. The van der Waals surface area contributed by atoms with Gasteiger partial charge in [-0.1, -0.05) is 51.1 Å². The van der Waals surface area contributed by atoms with E-state index in [1.165, 1.54) is 5.56 Å². The highest BCUT2D eigenvalue weighted by Crippen LogP contribution is 2.45. The van der Waals surface area contributed by atoms with Gasteiger partial charge in [0, 0.05) is 17.0 Å². The fourth-order valence-corrected chi connectivity index (χ4v) is 3.65. The van der Waals surface area contributed by atoms with Gasteiger partial charge in [0.15, 0.2) is 0 Å². The normalized spacial score (nSPS) is 36.5. The fraction of sp³-hybridized carbons (Fsp3) is 0.684. The van der Waals surface area contributed by atoms with Gasteiger partial charge in [-0.25, -0.2) is 0 Å². The third-order valence-electron chi connectivity index (χ3n) is 5.96. The quantitative estimate of drug-likeness (QED) is 0.860. The largest absolute Gasteiger partial charge is 0.373 e. The summed E-state index contributed by atoms with van der Waals surface area (Å²) < 4.78 is 6.29. The minimum absolute atomic E-state index is 0.165. The molecule has 3 heteroatoms. The molecule has 1 N–H and O–H groups in total. The Hall–Kier alpha value is -0.900. The molecule has 1 aromatic rings. The van der Waals surface area contributed by atoms with E-state index in [0.717, 1.165) is 19.3 Å². The van der Waals surface area contributed by atoms with Crippen LogP contribution < -0.4 is 0 Å². The van der Waals surface area contributed by atoms with Crippen molar-refractivity contribution in [2.75, 3.05) is 0 Å². The molecule has 0 amide bonds. The van der Waals surface area contributed by atoms with Gasteiger partial charge in [-0.05, 0) is 38.7 Å². The molecule has 22 heavy (non-hydrogen) atoms. The topological polar surface area (TPSA) is 32.7 Å². The Labute approximate surface area is 135 Å². The van der Waals surface area contributed by atoms with E-state index in [1.54, 1.807) is 5.06 Å². The van der Waals surface area contributed by atoms with Crippen LogP contribution in [0.1, 0.15) is 59.4 Å². The van der Waals surface area contributed by atoms with E-state index in [1.807, 2.05) is 18.2 Å². The Bertz CT molecular complexity index is 478. The van der Waals surface area contributed by atoms with Gasteiger partial charge in [0.1, 0.15) is 0 Å². The lowest BCUT2D eigenvalue weighted by molar-refractivity contribution is -0.292. The van der Waals surface area contributed by atoms with Gasteiger partial charge in [0.05, 0.1) is 12.7 Å². The van der Waals surface area contributed by atoms with Crippen molar-refractivity contribution in [1.29, 1.82) is 0 Å². The van der Waals surface area contributed by atoms with Crippen LogP contribution in [0.2, 0.25) is 0 Å². The zero-order valence-corrected chi connectivity index (χ0v) is 14.7. The molecule has 1 aliphatic rings. The third kappa shape index (κ3) is 3.08. The summed E-state index contributed by atoms with van der Waals surface area (Å²) in [6, 6.07) is 10.3. The number of hydrogen-bond acceptors (Lipinski definition) is 3. The van der Waals surface area contributed by atoms with Crippen molar-refractivity contribution in [3.8, 4) is 0 Å². The molecule has 1 heterocycles. The standard InChI is InChI=1S/C19H31NO2/c1-6-18(4)13-17(15(3)19(5,7-2)20(18)21)22-14-16-11-9-8-10-12-16/h8-12,15,17,21H,6-7,13-14H2,1-5H3. The van der Waals surface area contributed by atoms with Crippen LogP contribution in [0.15, 0.2) is 30.3 Å². The second-order valence-corrected chi connectivity index (χ2v) is 7.20. The van der Waals surface area contributed by atoms with E-state index in [2.05, 4.69) is 46.8 Å². The molecule has 0 radical (unpaired) electrons. The molecule has 2 rings (SSSR count). The summed E-state index contributed by atoms with van der Waals surface area (Å²) in [6.45, 7) is 11.4. The molecule has 0 aliphatic carbocycles. The van der Waals surface area contributed by atoms with Crippen molar-refractivity contribution < 1.29 is 9.94 Å². The molecule has 1 fully saturated rings. The van der Waals surface area contributed by atoms with Gasteiger partial charge in [-0.15, -0.1) is 0 Å².